The van der Waals surface area contributed by atoms with Gasteiger partial charge in [0.05, 0.1) is 0 Å². The lowest BCUT2D eigenvalue weighted by Gasteiger charge is -2.29. The van der Waals surface area contributed by atoms with Gasteiger partial charge in [-0.05, 0) is 30.7 Å². The van der Waals surface area contributed by atoms with E-state index in [1.807, 2.05) is 24.4 Å². The Hall–Kier alpha value is -1.97. The van der Waals surface area contributed by atoms with Crippen molar-refractivity contribution in [2.24, 2.45) is 0 Å². The first-order chi connectivity index (χ1) is 7.83. The summed E-state index contributed by atoms with van der Waals surface area (Å²) in [6.45, 7) is 1.62. The van der Waals surface area contributed by atoms with E-state index in [2.05, 4.69) is 4.98 Å². The van der Waals surface area contributed by atoms with E-state index in [-0.39, 0.29) is 6.09 Å². The number of H-pyrrole nitrogens is 1. The average molecular weight is 216 g/mol. The lowest BCUT2D eigenvalue weighted by atomic mass is 10.2. The van der Waals surface area contributed by atoms with Crippen LogP contribution in [0.25, 0.3) is 10.9 Å². The molecular formula is C12H12N2O2. The second kappa shape index (κ2) is 3.56. The largest absolute Gasteiger partial charge is 0.415 e. The van der Waals surface area contributed by atoms with Crippen molar-refractivity contribution in [3.8, 4) is 5.75 Å². The van der Waals surface area contributed by atoms with Crippen molar-refractivity contribution in [2.45, 2.75) is 6.42 Å². The normalized spacial score (nSPS) is 14.9. The molecule has 1 fully saturated rings. The van der Waals surface area contributed by atoms with Gasteiger partial charge in [0.1, 0.15) is 5.75 Å². The van der Waals surface area contributed by atoms with Crippen LogP contribution < -0.4 is 4.74 Å². The van der Waals surface area contributed by atoms with Crippen molar-refractivity contribution in [3.63, 3.8) is 0 Å². The lowest BCUT2D eigenvalue weighted by Crippen LogP contribution is -2.43. The van der Waals surface area contributed by atoms with E-state index in [0.717, 1.165) is 30.4 Å². The van der Waals surface area contributed by atoms with Crippen molar-refractivity contribution in [1.82, 2.24) is 9.88 Å². The summed E-state index contributed by atoms with van der Waals surface area (Å²) in [6, 6.07) is 7.53. The third-order valence-corrected chi connectivity index (χ3v) is 2.84. The van der Waals surface area contributed by atoms with E-state index in [9.17, 15) is 4.79 Å². The molecule has 0 unspecified atom stereocenters. The first kappa shape index (κ1) is 9.27. The molecule has 1 N–H and O–H groups in total. The summed E-state index contributed by atoms with van der Waals surface area (Å²) in [5.74, 6) is 0.601. The number of benzene rings is 1. The van der Waals surface area contributed by atoms with Crippen molar-refractivity contribution in [1.29, 1.82) is 0 Å². The highest BCUT2D eigenvalue weighted by Gasteiger charge is 2.21. The number of aromatic nitrogens is 1. The molecule has 1 aliphatic rings. The first-order valence-corrected chi connectivity index (χ1v) is 5.37. The van der Waals surface area contributed by atoms with Crippen LogP contribution >= 0.6 is 0 Å². The molecule has 82 valence electrons. The molecule has 1 aliphatic heterocycles. The van der Waals surface area contributed by atoms with E-state index in [1.165, 1.54) is 0 Å². The standard InChI is InChI=1S/C12H12N2O2/c15-12(14-6-1-7-14)16-10-2-3-11-9(8-10)4-5-13-11/h2-5,8,13H,1,6-7H2. The fraction of sp³-hybridized carbons (Fsp3) is 0.250. The Labute approximate surface area is 92.8 Å². The summed E-state index contributed by atoms with van der Waals surface area (Å²) >= 11 is 0. The van der Waals surface area contributed by atoms with E-state index >= 15 is 0 Å². The van der Waals surface area contributed by atoms with Gasteiger partial charge in [-0.1, -0.05) is 0 Å². The number of aromatic amines is 1. The van der Waals surface area contributed by atoms with Gasteiger partial charge in [-0.25, -0.2) is 4.79 Å². The number of rotatable bonds is 1. The first-order valence-electron chi connectivity index (χ1n) is 5.37. The molecule has 0 aliphatic carbocycles. The van der Waals surface area contributed by atoms with Gasteiger partial charge >= 0.3 is 6.09 Å². The van der Waals surface area contributed by atoms with Crippen LogP contribution in [-0.4, -0.2) is 29.1 Å². The van der Waals surface area contributed by atoms with E-state index in [4.69, 9.17) is 4.74 Å². The van der Waals surface area contributed by atoms with Crippen LogP contribution in [0, 0.1) is 0 Å². The van der Waals surface area contributed by atoms with Gasteiger partial charge in [-0.3, -0.25) is 0 Å². The van der Waals surface area contributed by atoms with Crippen LogP contribution in [0.3, 0.4) is 0 Å². The number of ether oxygens (including phenoxy) is 1. The number of hydrogen-bond acceptors (Lipinski definition) is 2. The van der Waals surface area contributed by atoms with Gasteiger partial charge in [0.15, 0.2) is 0 Å². The fourth-order valence-corrected chi connectivity index (χ4v) is 1.76. The van der Waals surface area contributed by atoms with Crippen LogP contribution in [0.2, 0.25) is 0 Å². The number of likely N-dealkylation sites (tertiary alicyclic amines) is 1. The predicted molar refractivity (Wildman–Crippen MR) is 60.5 cm³/mol. The third-order valence-electron chi connectivity index (χ3n) is 2.84. The van der Waals surface area contributed by atoms with E-state index < -0.39 is 0 Å². The van der Waals surface area contributed by atoms with Crippen molar-refractivity contribution < 1.29 is 9.53 Å². The van der Waals surface area contributed by atoms with Crippen LogP contribution in [-0.2, 0) is 0 Å². The summed E-state index contributed by atoms with van der Waals surface area (Å²) in [5.41, 5.74) is 1.05. The fourth-order valence-electron chi connectivity index (χ4n) is 1.76. The average Bonchev–Trinajstić information content (AvgIpc) is 2.61. The summed E-state index contributed by atoms with van der Waals surface area (Å²) < 4.78 is 5.27. The van der Waals surface area contributed by atoms with Crippen molar-refractivity contribution in [3.05, 3.63) is 30.5 Å². The number of fused-ring (bicyclic) bond motifs is 1. The molecule has 0 spiro atoms. The highest BCUT2D eigenvalue weighted by atomic mass is 16.6. The molecule has 0 bridgehead atoms. The molecule has 1 amide bonds. The number of carbonyl (C=O) groups is 1. The Kier molecular flexibility index (Phi) is 2.06. The lowest BCUT2D eigenvalue weighted by molar-refractivity contribution is 0.125. The van der Waals surface area contributed by atoms with Gasteiger partial charge in [0.2, 0.25) is 0 Å². The Balaban J connectivity index is 1.80. The van der Waals surface area contributed by atoms with Gasteiger partial charge in [-0.15, -0.1) is 0 Å². The van der Waals surface area contributed by atoms with Gasteiger partial charge in [-0.2, -0.15) is 0 Å². The quantitative estimate of drug-likeness (QED) is 0.795. The maximum atomic E-state index is 11.6. The zero-order valence-corrected chi connectivity index (χ0v) is 8.77. The molecular weight excluding hydrogens is 204 g/mol. The van der Waals surface area contributed by atoms with Crippen LogP contribution in [0.5, 0.6) is 5.75 Å². The molecule has 3 rings (SSSR count). The zero-order valence-electron chi connectivity index (χ0n) is 8.77. The molecule has 0 atom stereocenters. The maximum Gasteiger partial charge on any atom is 0.415 e. The van der Waals surface area contributed by atoms with Gasteiger partial charge in [0, 0.05) is 30.2 Å². The highest BCUT2D eigenvalue weighted by molar-refractivity contribution is 5.82. The van der Waals surface area contributed by atoms with Crippen molar-refractivity contribution in [2.75, 3.05) is 13.1 Å². The minimum absolute atomic E-state index is 0.249. The highest BCUT2D eigenvalue weighted by Crippen LogP contribution is 2.21. The molecule has 1 aromatic carbocycles. The Bertz CT molecular complexity index is 529. The number of hydrogen-bond donors (Lipinski definition) is 1. The predicted octanol–water partition coefficient (Wildman–Crippen LogP) is 2.37. The molecule has 0 saturated carbocycles. The summed E-state index contributed by atoms with van der Waals surface area (Å²) in [5, 5.41) is 1.05. The molecule has 4 nitrogen and oxygen atoms in total. The van der Waals surface area contributed by atoms with Crippen LogP contribution in [0.15, 0.2) is 30.5 Å². The molecule has 2 heterocycles. The number of amides is 1. The minimum Gasteiger partial charge on any atom is -0.410 e. The van der Waals surface area contributed by atoms with E-state index in [1.54, 1.807) is 11.0 Å². The number of carbonyl (C=O) groups excluding carboxylic acids is 1. The maximum absolute atomic E-state index is 11.6. The topological polar surface area (TPSA) is 45.3 Å². The van der Waals surface area contributed by atoms with Crippen molar-refractivity contribution >= 4 is 17.0 Å². The van der Waals surface area contributed by atoms with Crippen LogP contribution in [0.4, 0.5) is 4.79 Å². The number of nitrogens with zero attached hydrogens (tertiary/aromatic N) is 1. The second-order valence-electron chi connectivity index (χ2n) is 3.94. The Morgan fingerprint density at radius 3 is 2.94 bits per heavy atom. The Morgan fingerprint density at radius 2 is 2.19 bits per heavy atom. The van der Waals surface area contributed by atoms with E-state index in [0.29, 0.717) is 5.75 Å². The summed E-state index contributed by atoms with van der Waals surface area (Å²) in [6.07, 6.45) is 2.69. The molecule has 2 aromatic rings. The smallest absolute Gasteiger partial charge is 0.410 e. The SMILES string of the molecule is O=C(Oc1ccc2[nH]ccc2c1)N1CCC1. The third kappa shape index (κ3) is 1.52. The number of nitrogens with one attached hydrogen (secondary N) is 1. The monoisotopic (exact) mass is 216 g/mol. The minimum atomic E-state index is -0.249. The van der Waals surface area contributed by atoms with Gasteiger partial charge < -0.3 is 14.6 Å². The van der Waals surface area contributed by atoms with Crippen LogP contribution in [0.1, 0.15) is 6.42 Å². The van der Waals surface area contributed by atoms with Gasteiger partial charge in [0.25, 0.3) is 0 Å². The molecule has 4 heteroatoms. The zero-order chi connectivity index (χ0) is 11.0. The summed E-state index contributed by atoms with van der Waals surface area (Å²) in [7, 11) is 0. The molecule has 0 radical (unpaired) electrons. The second-order valence-corrected chi connectivity index (χ2v) is 3.94. The Morgan fingerprint density at radius 1 is 1.31 bits per heavy atom. The molecule has 1 aromatic heterocycles. The summed E-state index contributed by atoms with van der Waals surface area (Å²) in [4.78, 5) is 16.4. The molecule has 16 heavy (non-hydrogen) atoms. The molecule has 1 saturated heterocycles.